The van der Waals surface area contributed by atoms with Gasteiger partial charge in [-0.15, -0.1) is 0 Å². The van der Waals surface area contributed by atoms with Crippen molar-refractivity contribution >= 4 is 22.6 Å². The third-order valence-electron chi connectivity index (χ3n) is 6.01. The number of pyridine rings is 1. The number of ether oxygens (including phenoxy) is 1. The molecule has 1 fully saturated rings. The van der Waals surface area contributed by atoms with E-state index in [0.29, 0.717) is 19.0 Å². The number of nitrogens with one attached hydrogen (secondary N) is 2. The highest BCUT2D eigenvalue weighted by molar-refractivity contribution is 6.08. The molecule has 2 aromatic heterocycles. The summed E-state index contributed by atoms with van der Waals surface area (Å²) in [5.41, 5.74) is 2.97. The Balaban J connectivity index is 1.67. The van der Waals surface area contributed by atoms with Crippen molar-refractivity contribution in [3.8, 4) is 11.3 Å². The molecule has 0 unspecified atom stereocenters. The minimum Gasteiger partial charge on any atom is -0.378 e. The van der Waals surface area contributed by atoms with Gasteiger partial charge in [0.2, 0.25) is 5.91 Å². The second-order valence-corrected chi connectivity index (χ2v) is 8.72. The van der Waals surface area contributed by atoms with E-state index in [0.717, 1.165) is 40.9 Å². The summed E-state index contributed by atoms with van der Waals surface area (Å²) in [6.45, 7) is 8.94. The van der Waals surface area contributed by atoms with E-state index in [1.807, 2.05) is 32.0 Å². The Morgan fingerprint density at radius 1 is 1.21 bits per heavy atom. The van der Waals surface area contributed by atoms with Crippen LogP contribution < -0.4 is 10.6 Å². The molecule has 7 nitrogen and oxygen atoms in total. The molecule has 7 heteroatoms. The number of hydrogen-bond donors (Lipinski definition) is 2. The third-order valence-corrected chi connectivity index (χ3v) is 6.01. The van der Waals surface area contributed by atoms with Crippen molar-refractivity contribution in [1.82, 2.24) is 20.1 Å². The molecule has 150 valence electrons. The van der Waals surface area contributed by atoms with Crippen LogP contribution in [-0.4, -0.2) is 46.0 Å². The topological polar surface area (TPSA) is 81.1 Å². The zero-order valence-corrected chi connectivity index (χ0v) is 17.0. The lowest BCUT2D eigenvalue weighted by atomic mass is 9.83. The Morgan fingerprint density at radius 3 is 2.83 bits per heavy atom. The summed E-state index contributed by atoms with van der Waals surface area (Å²) in [6.07, 6.45) is 1.74. The number of anilines is 1. The summed E-state index contributed by atoms with van der Waals surface area (Å²) in [5, 5.41) is 12.6. The molecule has 5 rings (SSSR count). The van der Waals surface area contributed by atoms with E-state index in [-0.39, 0.29) is 11.4 Å². The predicted octanol–water partition coefficient (Wildman–Crippen LogP) is 2.71. The van der Waals surface area contributed by atoms with Crippen molar-refractivity contribution in [2.45, 2.75) is 38.3 Å². The first-order chi connectivity index (χ1) is 13.9. The molecule has 0 aliphatic carbocycles. The smallest absolute Gasteiger partial charge is 0.235 e. The van der Waals surface area contributed by atoms with E-state index < -0.39 is 5.41 Å². The molecule has 1 saturated heterocycles. The van der Waals surface area contributed by atoms with E-state index >= 15 is 0 Å². The second-order valence-electron chi connectivity index (χ2n) is 8.72. The molecule has 29 heavy (non-hydrogen) atoms. The lowest BCUT2D eigenvalue weighted by molar-refractivity contribution is -0.119. The lowest BCUT2D eigenvalue weighted by Gasteiger charge is -2.34. The van der Waals surface area contributed by atoms with Gasteiger partial charge in [0, 0.05) is 29.3 Å². The van der Waals surface area contributed by atoms with Crippen LogP contribution >= 0.6 is 0 Å². The van der Waals surface area contributed by atoms with Crippen molar-refractivity contribution in [2.75, 3.05) is 25.1 Å². The molecule has 2 N–H and O–H groups in total. The minimum absolute atomic E-state index is 0.0350. The van der Waals surface area contributed by atoms with Gasteiger partial charge in [-0.1, -0.05) is 18.2 Å². The van der Waals surface area contributed by atoms with E-state index in [1.165, 1.54) is 0 Å². The number of rotatable bonds is 3. The van der Waals surface area contributed by atoms with Crippen LogP contribution in [0.2, 0.25) is 0 Å². The molecule has 1 aromatic carbocycles. The van der Waals surface area contributed by atoms with Gasteiger partial charge in [0.15, 0.2) is 0 Å². The lowest BCUT2D eigenvalue weighted by Crippen LogP contribution is -2.54. The quantitative estimate of drug-likeness (QED) is 0.718. The largest absolute Gasteiger partial charge is 0.378 e. The summed E-state index contributed by atoms with van der Waals surface area (Å²) in [6, 6.07) is 10.2. The van der Waals surface area contributed by atoms with Crippen LogP contribution in [0.4, 0.5) is 5.82 Å². The summed E-state index contributed by atoms with van der Waals surface area (Å²) in [4.78, 5) is 16.9. The Hall–Kier alpha value is -2.77. The fourth-order valence-corrected chi connectivity index (χ4v) is 4.42. The Morgan fingerprint density at radius 2 is 2.03 bits per heavy atom. The van der Waals surface area contributed by atoms with E-state index in [9.17, 15) is 4.79 Å². The standard InChI is InChI=1S/C22H25N5O2/c1-21(2)17-15(8-9-23-19(17)25-20(21)28)18-14-6-4-5-7-16(14)27(26-18)12-22(3)13-29-11-10-24-22/h4-9,24H,10-13H2,1-3H3,(H,23,25,28)/t22-/m0/s1. The summed E-state index contributed by atoms with van der Waals surface area (Å²) < 4.78 is 7.75. The Labute approximate surface area is 169 Å². The minimum atomic E-state index is -0.658. The van der Waals surface area contributed by atoms with Gasteiger partial charge in [0.25, 0.3) is 0 Å². The number of carbonyl (C=O) groups excluding carboxylic acids is 1. The van der Waals surface area contributed by atoms with Crippen molar-refractivity contribution in [1.29, 1.82) is 0 Å². The molecule has 0 bridgehead atoms. The molecule has 0 radical (unpaired) electrons. The fourth-order valence-electron chi connectivity index (χ4n) is 4.42. The van der Waals surface area contributed by atoms with Gasteiger partial charge in [0.05, 0.1) is 36.2 Å². The molecule has 0 saturated carbocycles. The first kappa shape index (κ1) is 18.3. The molecule has 2 aliphatic heterocycles. The molecule has 0 spiro atoms. The number of hydrogen-bond acceptors (Lipinski definition) is 5. The first-order valence-electron chi connectivity index (χ1n) is 9.99. The van der Waals surface area contributed by atoms with E-state index in [1.54, 1.807) is 6.20 Å². The highest BCUT2D eigenvalue weighted by Crippen LogP contribution is 2.43. The monoisotopic (exact) mass is 391 g/mol. The molecule has 1 atom stereocenters. The van der Waals surface area contributed by atoms with Gasteiger partial charge in [-0.3, -0.25) is 9.48 Å². The number of morpholine rings is 1. The Bertz CT molecular complexity index is 1110. The SMILES string of the molecule is CC1(C)C(=O)Nc2nccc(-c3nn(C[C@@]4(C)COCCN4)c4ccccc34)c21. The maximum absolute atomic E-state index is 12.5. The van der Waals surface area contributed by atoms with Crippen molar-refractivity contribution in [2.24, 2.45) is 0 Å². The maximum atomic E-state index is 12.5. The number of amides is 1. The highest BCUT2D eigenvalue weighted by atomic mass is 16.5. The maximum Gasteiger partial charge on any atom is 0.235 e. The van der Waals surface area contributed by atoms with Crippen LogP contribution in [0.3, 0.4) is 0 Å². The molecular formula is C22H25N5O2. The summed E-state index contributed by atoms with van der Waals surface area (Å²) >= 11 is 0. The predicted molar refractivity (Wildman–Crippen MR) is 112 cm³/mol. The van der Waals surface area contributed by atoms with Crippen LogP contribution in [-0.2, 0) is 21.5 Å². The van der Waals surface area contributed by atoms with Gasteiger partial charge in [-0.25, -0.2) is 4.98 Å². The van der Waals surface area contributed by atoms with Crippen molar-refractivity contribution < 1.29 is 9.53 Å². The average Bonchev–Trinajstić information content (AvgIpc) is 3.17. The van der Waals surface area contributed by atoms with Gasteiger partial charge in [-0.2, -0.15) is 5.10 Å². The summed E-state index contributed by atoms with van der Waals surface area (Å²) in [5.74, 6) is 0.595. The van der Waals surface area contributed by atoms with E-state index in [2.05, 4.69) is 39.4 Å². The van der Waals surface area contributed by atoms with Gasteiger partial charge in [0.1, 0.15) is 11.5 Å². The van der Waals surface area contributed by atoms with Gasteiger partial charge in [-0.05, 0) is 32.9 Å². The number of fused-ring (bicyclic) bond motifs is 2. The molecule has 1 amide bonds. The van der Waals surface area contributed by atoms with Crippen molar-refractivity contribution in [3.05, 3.63) is 42.1 Å². The number of aromatic nitrogens is 3. The number of carbonyl (C=O) groups is 1. The summed E-state index contributed by atoms with van der Waals surface area (Å²) in [7, 11) is 0. The van der Waals surface area contributed by atoms with Crippen LogP contribution in [0.1, 0.15) is 26.3 Å². The van der Waals surface area contributed by atoms with Crippen LogP contribution in [0, 0.1) is 0 Å². The van der Waals surface area contributed by atoms with Gasteiger partial charge >= 0.3 is 0 Å². The zero-order valence-electron chi connectivity index (χ0n) is 17.0. The normalized spacial score (nSPS) is 23.2. The number of para-hydroxylation sites is 1. The number of benzene rings is 1. The van der Waals surface area contributed by atoms with Crippen LogP contribution in [0.15, 0.2) is 36.5 Å². The average molecular weight is 391 g/mol. The molecule has 4 heterocycles. The van der Waals surface area contributed by atoms with Crippen LogP contribution in [0.5, 0.6) is 0 Å². The van der Waals surface area contributed by atoms with E-state index in [4.69, 9.17) is 9.84 Å². The highest BCUT2D eigenvalue weighted by Gasteiger charge is 2.42. The fraction of sp³-hybridized carbons (Fsp3) is 0.409. The first-order valence-corrected chi connectivity index (χ1v) is 9.99. The van der Waals surface area contributed by atoms with Crippen LogP contribution in [0.25, 0.3) is 22.2 Å². The third kappa shape index (κ3) is 2.84. The Kier molecular flexibility index (Phi) is 4.01. The van der Waals surface area contributed by atoms with Gasteiger partial charge < -0.3 is 15.4 Å². The zero-order chi connectivity index (χ0) is 20.2. The van der Waals surface area contributed by atoms with Crippen molar-refractivity contribution in [3.63, 3.8) is 0 Å². The molecule has 3 aromatic rings. The second kappa shape index (κ2) is 6.37. The molecular weight excluding hydrogens is 366 g/mol. The molecule has 2 aliphatic rings. The number of nitrogens with zero attached hydrogens (tertiary/aromatic N) is 3.